The first-order valence-corrected chi connectivity index (χ1v) is 13.6. The van der Waals surface area contributed by atoms with Crippen molar-refractivity contribution in [3.05, 3.63) is 100 Å². The van der Waals surface area contributed by atoms with E-state index in [-0.39, 0.29) is 11.5 Å². The number of fused-ring (bicyclic) bond motifs is 1. The van der Waals surface area contributed by atoms with E-state index in [1.54, 1.807) is 12.1 Å². The number of amides is 1. The van der Waals surface area contributed by atoms with E-state index in [0.29, 0.717) is 17.1 Å². The maximum Gasteiger partial charge on any atom is 0.335 e. The first-order valence-electron chi connectivity index (χ1n) is 13.2. The highest BCUT2D eigenvalue weighted by molar-refractivity contribution is 6.30. The van der Waals surface area contributed by atoms with Gasteiger partial charge in [0.15, 0.2) is 0 Å². The van der Waals surface area contributed by atoms with Gasteiger partial charge in [-0.05, 0) is 85.7 Å². The Morgan fingerprint density at radius 1 is 0.947 bits per heavy atom. The van der Waals surface area contributed by atoms with Gasteiger partial charge >= 0.3 is 5.97 Å². The molecule has 1 saturated carbocycles. The minimum Gasteiger partial charge on any atom is -0.478 e. The van der Waals surface area contributed by atoms with Gasteiger partial charge in [-0.1, -0.05) is 35.9 Å². The Kier molecular flexibility index (Phi) is 6.36. The number of hydrogen-bond donors (Lipinski definition) is 2. The van der Waals surface area contributed by atoms with Crippen molar-refractivity contribution < 1.29 is 14.7 Å². The second kappa shape index (κ2) is 9.84. The number of carbonyl (C=O) groups is 2. The predicted molar refractivity (Wildman–Crippen MR) is 150 cm³/mol. The fraction of sp³-hybridized carbons (Fsp3) is 0.290. The maximum absolute atomic E-state index is 14.0. The van der Waals surface area contributed by atoms with Gasteiger partial charge in [0.2, 0.25) is 0 Å². The monoisotopic (exact) mass is 527 g/mol. The summed E-state index contributed by atoms with van der Waals surface area (Å²) < 4.78 is 2.12. The third-order valence-corrected chi connectivity index (χ3v) is 8.08. The molecule has 0 radical (unpaired) electrons. The van der Waals surface area contributed by atoms with E-state index in [2.05, 4.69) is 26.9 Å². The lowest BCUT2D eigenvalue weighted by Crippen LogP contribution is -2.35. The molecule has 1 saturated heterocycles. The second-order valence-corrected chi connectivity index (χ2v) is 10.9. The van der Waals surface area contributed by atoms with Crippen molar-refractivity contribution in [2.45, 2.75) is 44.2 Å². The molecule has 7 heteroatoms. The van der Waals surface area contributed by atoms with Gasteiger partial charge in [-0.25, -0.2) is 4.79 Å². The Morgan fingerprint density at radius 2 is 1.71 bits per heavy atom. The number of anilines is 1. The predicted octanol–water partition coefficient (Wildman–Crippen LogP) is 6.45. The number of hydrogen-bond acceptors (Lipinski definition) is 3. The molecular weight excluding hydrogens is 498 g/mol. The Morgan fingerprint density at radius 3 is 2.39 bits per heavy atom. The normalized spacial score (nSPS) is 16.4. The highest BCUT2D eigenvalue weighted by Gasteiger charge is 2.46. The van der Waals surface area contributed by atoms with Crippen LogP contribution in [0.5, 0.6) is 0 Å². The average molecular weight is 528 g/mol. The van der Waals surface area contributed by atoms with Crippen molar-refractivity contribution in [1.29, 1.82) is 0 Å². The molecule has 194 valence electrons. The summed E-state index contributed by atoms with van der Waals surface area (Å²) in [6, 6.07) is 21.0. The topological polar surface area (TPSA) is 74.6 Å². The summed E-state index contributed by atoms with van der Waals surface area (Å²) in [6.45, 7) is 2.60. The Hall–Kier alpha value is -3.77. The summed E-state index contributed by atoms with van der Waals surface area (Å²) in [5.74, 6) is -1.07. The molecule has 0 spiro atoms. The van der Waals surface area contributed by atoms with Crippen molar-refractivity contribution in [3.8, 4) is 0 Å². The minimum absolute atomic E-state index is 0.111. The van der Waals surface area contributed by atoms with Gasteiger partial charge in [0.25, 0.3) is 5.91 Å². The molecule has 6 rings (SSSR count). The van der Waals surface area contributed by atoms with Crippen LogP contribution in [0, 0.1) is 0 Å². The third kappa shape index (κ3) is 4.76. The van der Waals surface area contributed by atoms with Gasteiger partial charge in [-0.15, -0.1) is 0 Å². The van der Waals surface area contributed by atoms with Gasteiger partial charge in [-0.3, -0.25) is 4.79 Å². The van der Waals surface area contributed by atoms with E-state index >= 15 is 0 Å². The Bertz CT molecular complexity index is 1520. The molecule has 2 heterocycles. The van der Waals surface area contributed by atoms with Crippen LogP contribution in [-0.2, 0) is 12.1 Å². The molecule has 1 aromatic heterocycles. The van der Waals surface area contributed by atoms with E-state index in [9.17, 15) is 14.7 Å². The summed E-state index contributed by atoms with van der Waals surface area (Å²) >= 11 is 6.25. The average Bonchev–Trinajstić information content (AvgIpc) is 3.60. The number of aromatic nitrogens is 1. The molecule has 0 atom stereocenters. The van der Waals surface area contributed by atoms with Crippen LogP contribution in [0.2, 0.25) is 5.02 Å². The third-order valence-electron chi connectivity index (χ3n) is 7.84. The lowest BCUT2D eigenvalue weighted by molar-refractivity contribution is 0.0696. The molecular formula is C31H30ClN3O3. The number of aromatic carboxylic acids is 1. The lowest BCUT2D eigenvalue weighted by Gasteiger charge is -2.29. The Labute approximate surface area is 226 Å². The molecule has 1 aliphatic carbocycles. The van der Waals surface area contributed by atoms with Gasteiger partial charge in [0, 0.05) is 41.9 Å². The zero-order valence-corrected chi connectivity index (χ0v) is 21.9. The zero-order valence-electron chi connectivity index (χ0n) is 21.1. The molecule has 0 unspecified atom stereocenters. The summed E-state index contributed by atoms with van der Waals surface area (Å²) in [7, 11) is 0. The van der Waals surface area contributed by atoms with Crippen molar-refractivity contribution in [3.63, 3.8) is 0 Å². The molecule has 2 fully saturated rings. The van der Waals surface area contributed by atoms with Crippen LogP contribution in [0.15, 0.2) is 72.9 Å². The number of halogens is 1. The molecule has 3 aromatic carbocycles. The summed E-state index contributed by atoms with van der Waals surface area (Å²) in [6.07, 6.45) is 7.24. The molecule has 2 aliphatic rings. The van der Waals surface area contributed by atoms with Gasteiger partial charge in [0.1, 0.15) is 0 Å². The number of piperidine rings is 1. The molecule has 38 heavy (non-hydrogen) atoms. The number of carbonyl (C=O) groups excluding carboxylic acids is 1. The van der Waals surface area contributed by atoms with Crippen LogP contribution >= 0.6 is 11.6 Å². The molecule has 0 bridgehead atoms. The Balaban J connectivity index is 1.38. The summed E-state index contributed by atoms with van der Waals surface area (Å²) in [5.41, 5.74) is 4.42. The number of benzene rings is 3. The van der Waals surface area contributed by atoms with Crippen molar-refractivity contribution >= 4 is 40.1 Å². The van der Waals surface area contributed by atoms with Crippen LogP contribution in [0.4, 0.5) is 5.69 Å². The van der Waals surface area contributed by atoms with Crippen LogP contribution in [-0.4, -0.2) is 34.6 Å². The number of carboxylic acid groups (broad SMARTS) is 1. The quantitative estimate of drug-likeness (QED) is 0.289. The fourth-order valence-corrected chi connectivity index (χ4v) is 5.85. The summed E-state index contributed by atoms with van der Waals surface area (Å²) in [5, 5.41) is 14.3. The first kappa shape index (κ1) is 24.6. The standard InChI is InChI=1S/C31H30ClN3O3/c32-25-6-4-5-21(17-25)20-35-16-11-23-18-26(34-14-2-1-3-15-34)19-27(28(23)35)29(36)33-31(12-13-31)24-9-7-22(8-10-24)30(37)38/h4-11,16-19H,1-3,12-15,20H2,(H,33,36)(H,37,38). The number of rotatable bonds is 7. The van der Waals surface area contributed by atoms with Crippen LogP contribution in [0.25, 0.3) is 10.9 Å². The zero-order chi connectivity index (χ0) is 26.3. The molecule has 4 aromatic rings. The van der Waals surface area contributed by atoms with E-state index in [1.807, 2.05) is 48.7 Å². The molecule has 2 N–H and O–H groups in total. The second-order valence-electron chi connectivity index (χ2n) is 10.5. The molecule has 1 amide bonds. The molecule has 6 nitrogen and oxygen atoms in total. The largest absolute Gasteiger partial charge is 0.478 e. The van der Waals surface area contributed by atoms with Gasteiger partial charge < -0.3 is 19.9 Å². The van der Waals surface area contributed by atoms with Crippen LogP contribution in [0.3, 0.4) is 0 Å². The van der Waals surface area contributed by atoms with Crippen LogP contribution < -0.4 is 10.2 Å². The number of carboxylic acids is 1. The smallest absolute Gasteiger partial charge is 0.335 e. The fourth-order valence-electron chi connectivity index (χ4n) is 5.63. The van der Waals surface area contributed by atoms with Crippen molar-refractivity contribution in [1.82, 2.24) is 9.88 Å². The lowest BCUT2D eigenvalue weighted by atomic mass is 10.0. The number of nitrogens with zero attached hydrogens (tertiary/aromatic N) is 2. The molecule has 1 aliphatic heterocycles. The van der Waals surface area contributed by atoms with E-state index in [4.69, 9.17) is 11.6 Å². The van der Waals surface area contributed by atoms with E-state index < -0.39 is 11.5 Å². The van der Waals surface area contributed by atoms with E-state index in [1.165, 1.54) is 6.42 Å². The van der Waals surface area contributed by atoms with Crippen molar-refractivity contribution in [2.24, 2.45) is 0 Å². The summed E-state index contributed by atoms with van der Waals surface area (Å²) in [4.78, 5) is 27.7. The maximum atomic E-state index is 14.0. The van der Waals surface area contributed by atoms with Gasteiger partial charge in [0.05, 0.1) is 22.2 Å². The SMILES string of the molecule is O=C(O)c1ccc(C2(NC(=O)c3cc(N4CCCCC4)cc4ccn(Cc5cccc(Cl)c5)c34)CC2)cc1. The highest BCUT2D eigenvalue weighted by Crippen LogP contribution is 2.46. The first-order chi connectivity index (χ1) is 18.4. The van der Waals surface area contributed by atoms with E-state index in [0.717, 1.165) is 66.5 Å². The van der Waals surface area contributed by atoms with Gasteiger partial charge in [-0.2, -0.15) is 0 Å². The number of nitrogens with one attached hydrogen (secondary N) is 1. The minimum atomic E-state index is -0.956. The highest BCUT2D eigenvalue weighted by atomic mass is 35.5. The van der Waals surface area contributed by atoms with Crippen LogP contribution in [0.1, 0.15) is 63.9 Å². The van der Waals surface area contributed by atoms with Crippen molar-refractivity contribution in [2.75, 3.05) is 18.0 Å².